The van der Waals surface area contributed by atoms with Crippen LogP contribution < -0.4 is 4.74 Å². The zero-order chi connectivity index (χ0) is 12.1. The number of nitrogens with zero attached hydrogens (tertiary/aromatic N) is 1. The smallest absolute Gasteiger partial charge is 0.133 e. The van der Waals surface area contributed by atoms with Crippen LogP contribution in [-0.4, -0.2) is 44.4 Å². The lowest BCUT2D eigenvalue weighted by molar-refractivity contribution is 0.0322. The lowest BCUT2D eigenvalue weighted by atomic mass is 10.3. The second-order valence-corrected chi connectivity index (χ2v) is 4.73. The summed E-state index contributed by atoms with van der Waals surface area (Å²) in [6.07, 6.45) is 0. The Labute approximate surface area is 109 Å². The molecule has 1 aliphatic heterocycles. The van der Waals surface area contributed by atoms with Gasteiger partial charge in [0.15, 0.2) is 0 Å². The van der Waals surface area contributed by atoms with Crippen LogP contribution in [0.25, 0.3) is 0 Å². The lowest BCUT2D eigenvalue weighted by Gasteiger charge is -2.26. The average molecular weight is 304 g/mol. The van der Waals surface area contributed by atoms with E-state index in [1.807, 2.05) is 0 Å². The third-order valence-electron chi connectivity index (χ3n) is 2.66. The van der Waals surface area contributed by atoms with Crippen molar-refractivity contribution >= 4 is 15.9 Å². The van der Waals surface area contributed by atoms with Crippen molar-refractivity contribution in [1.29, 1.82) is 0 Å². The van der Waals surface area contributed by atoms with E-state index in [-0.39, 0.29) is 5.82 Å². The Hall–Kier alpha value is -0.650. The molecule has 17 heavy (non-hydrogen) atoms. The fourth-order valence-corrected chi connectivity index (χ4v) is 2.17. The van der Waals surface area contributed by atoms with Crippen LogP contribution in [0.3, 0.4) is 0 Å². The van der Waals surface area contributed by atoms with Crippen LogP contribution in [0.5, 0.6) is 5.75 Å². The van der Waals surface area contributed by atoms with E-state index in [0.29, 0.717) is 16.8 Å². The van der Waals surface area contributed by atoms with E-state index in [0.717, 1.165) is 32.8 Å². The number of benzene rings is 1. The van der Waals surface area contributed by atoms with Crippen molar-refractivity contribution in [1.82, 2.24) is 4.90 Å². The van der Waals surface area contributed by atoms with Crippen LogP contribution >= 0.6 is 15.9 Å². The molecule has 0 bridgehead atoms. The quantitative estimate of drug-likeness (QED) is 0.852. The zero-order valence-corrected chi connectivity index (χ0v) is 11.1. The van der Waals surface area contributed by atoms with Gasteiger partial charge in [-0.1, -0.05) is 0 Å². The molecular weight excluding hydrogens is 289 g/mol. The molecule has 3 nitrogen and oxygen atoms in total. The molecule has 0 spiro atoms. The molecule has 0 N–H and O–H groups in total. The molecule has 0 aliphatic carbocycles. The maximum absolute atomic E-state index is 12.9. The summed E-state index contributed by atoms with van der Waals surface area (Å²) in [6.45, 7) is 4.96. The molecule has 1 heterocycles. The predicted molar refractivity (Wildman–Crippen MR) is 66.9 cm³/mol. The minimum absolute atomic E-state index is 0.266. The van der Waals surface area contributed by atoms with E-state index in [2.05, 4.69) is 20.8 Å². The standard InChI is InChI=1S/C12H15BrFNO2/c13-11-9-10(14)1-2-12(11)17-8-5-15-3-6-16-7-4-15/h1-2,9H,3-8H2. The van der Waals surface area contributed by atoms with Crippen molar-refractivity contribution in [3.63, 3.8) is 0 Å². The van der Waals surface area contributed by atoms with Gasteiger partial charge in [-0.2, -0.15) is 0 Å². The molecule has 1 fully saturated rings. The van der Waals surface area contributed by atoms with Gasteiger partial charge in [-0.3, -0.25) is 4.90 Å². The Morgan fingerprint density at radius 3 is 2.82 bits per heavy atom. The molecule has 1 aromatic carbocycles. The van der Waals surface area contributed by atoms with Crippen LogP contribution in [0.1, 0.15) is 0 Å². The van der Waals surface area contributed by atoms with E-state index in [4.69, 9.17) is 9.47 Å². The van der Waals surface area contributed by atoms with Gasteiger partial charge >= 0.3 is 0 Å². The molecule has 0 unspecified atom stereocenters. The highest BCUT2D eigenvalue weighted by Gasteiger charge is 2.10. The minimum atomic E-state index is -0.266. The third kappa shape index (κ3) is 3.94. The van der Waals surface area contributed by atoms with Gasteiger partial charge in [0.05, 0.1) is 17.7 Å². The summed E-state index contributed by atoms with van der Waals surface area (Å²) in [5.74, 6) is 0.414. The molecule has 0 aromatic heterocycles. The van der Waals surface area contributed by atoms with E-state index in [9.17, 15) is 4.39 Å². The highest BCUT2D eigenvalue weighted by atomic mass is 79.9. The number of ether oxygens (including phenoxy) is 2. The van der Waals surface area contributed by atoms with Crippen LogP contribution in [0.2, 0.25) is 0 Å². The number of hydrogen-bond donors (Lipinski definition) is 0. The first-order valence-corrected chi connectivity index (χ1v) is 6.43. The first-order chi connectivity index (χ1) is 8.25. The second kappa shape index (κ2) is 6.33. The van der Waals surface area contributed by atoms with Crippen molar-refractivity contribution in [2.75, 3.05) is 39.5 Å². The Morgan fingerprint density at radius 2 is 2.12 bits per heavy atom. The van der Waals surface area contributed by atoms with Gasteiger partial charge in [0, 0.05) is 19.6 Å². The van der Waals surface area contributed by atoms with Crippen molar-refractivity contribution in [2.45, 2.75) is 0 Å². The summed E-state index contributed by atoms with van der Waals surface area (Å²) in [4.78, 5) is 2.29. The minimum Gasteiger partial charge on any atom is -0.491 e. The van der Waals surface area contributed by atoms with E-state index >= 15 is 0 Å². The highest BCUT2D eigenvalue weighted by Crippen LogP contribution is 2.25. The monoisotopic (exact) mass is 303 g/mol. The fraction of sp³-hybridized carbons (Fsp3) is 0.500. The topological polar surface area (TPSA) is 21.7 Å². The molecule has 0 saturated carbocycles. The molecule has 94 valence electrons. The third-order valence-corrected chi connectivity index (χ3v) is 3.28. The number of morpholine rings is 1. The summed E-state index contributed by atoms with van der Waals surface area (Å²) in [5, 5.41) is 0. The maximum Gasteiger partial charge on any atom is 0.133 e. The van der Waals surface area contributed by atoms with Crippen LogP contribution in [0.4, 0.5) is 4.39 Å². The summed E-state index contributed by atoms with van der Waals surface area (Å²) < 4.78 is 24.4. The summed E-state index contributed by atoms with van der Waals surface area (Å²) in [5.41, 5.74) is 0. The Kier molecular flexibility index (Phi) is 4.76. The Bertz CT molecular complexity index is 370. The average Bonchev–Trinajstić information content (AvgIpc) is 2.33. The van der Waals surface area contributed by atoms with Crippen molar-refractivity contribution in [3.05, 3.63) is 28.5 Å². The molecule has 1 saturated heterocycles. The van der Waals surface area contributed by atoms with Gasteiger partial charge in [0.1, 0.15) is 18.2 Å². The molecule has 5 heteroatoms. The number of rotatable bonds is 4. The van der Waals surface area contributed by atoms with Crippen LogP contribution in [-0.2, 0) is 4.74 Å². The fourth-order valence-electron chi connectivity index (χ4n) is 1.70. The predicted octanol–water partition coefficient (Wildman–Crippen LogP) is 2.30. The molecule has 0 radical (unpaired) electrons. The van der Waals surface area contributed by atoms with Gasteiger partial charge in [-0.25, -0.2) is 4.39 Å². The van der Waals surface area contributed by atoms with Gasteiger partial charge in [0.25, 0.3) is 0 Å². The Balaban J connectivity index is 1.77. The SMILES string of the molecule is Fc1ccc(OCCN2CCOCC2)c(Br)c1. The van der Waals surface area contributed by atoms with Crippen molar-refractivity contribution < 1.29 is 13.9 Å². The van der Waals surface area contributed by atoms with E-state index in [1.54, 1.807) is 6.07 Å². The van der Waals surface area contributed by atoms with Crippen molar-refractivity contribution in [2.24, 2.45) is 0 Å². The number of hydrogen-bond acceptors (Lipinski definition) is 3. The van der Waals surface area contributed by atoms with Crippen molar-refractivity contribution in [3.8, 4) is 5.75 Å². The van der Waals surface area contributed by atoms with Gasteiger partial charge in [-0.05, 0) is 34.1 Å². The molecule has 1 aromatic rings. The van der Waals surface area contributed by atoms with Crippen LogP contribution in [0.15, 0.2) is 22.7 Å². The molecule has 0 amide bonds. The van der Waals surface area contributed by atoms with E-state index in [1.165, 1.54) is 12.1 Å². The first-order valence-electron chi connectivity index (χ1n) is 5.63. The summed E-state index contributed by atoms with van der Waals surface area (Å²) >= 11 is 3.27. The first kappa shape index (κ1) is 12.8. The maximum atomic E-state index is 12.9. The molecule has 0 atom stereocenters. The number of halogens is 2. The van der Waals surface area contributed by atoms with Gasteiger partial charge in [0.2, 0.25) is 0 Å². The van der Waals surface area contributed by atoms with E-state index < -0.39 is 0 Å². The zero-order valence-electron chi connectivity index (χ0n) is 9.49. The highest BCUT2D eigenvalue weighted by molar-refractivity contribution is 9.10. The molecule has 2 rings (SSSR count). The Morgan fingerprint density at radius 1 is 1.35 bits per heavy atom. The molecular formula is C12H15BrFNO2. The second-order valence-electron chi connectivity index (χ2n) is 3.88. The van der Waals surface area contributed by atoms with Gasteiger partial charge < -0.3 is 9.47 Å². The lowest BCUT2D eigenvalue weighted by Crippen LogP contribution is -2.38. The largest absolute Gasteiger partial charge is 0.491 e. The normalized spacial score (nSPS) is 17.1. The molecule has 1 aliphatic rings. The van der Waals surface area contributed by atoms with Crippen LogP contribution in [0, 0.1) is 5.82 Å². The summed E-state index contributed by atoms with van der Waals surface area (Å²) in [6, 6.07) is 4.44. The van der Waals surface area contributed by atoms with Gasteiger partial charge in [-0.15, -0.1) is 0 Å². The summed E-state index contributed by atoms with van der Waals surface area (Å²) in [7, 11) is 0.